The molecule has 0 aliphatic heterocycles. The number of amides is 3. The summed E-state index contributed by atoms with van der Waals surface area (Å²) in [5.41, 5.74) is 0. The van der Waals surface area contributed by atoms with Crippen molar-refractivity contribution in [3.8, 4) is 0 Å². The van der Waals surface area contributed by atoms with Crippen LogP contribution in [0.15, 0.2) is 0 Å². The number of aliphatic carboxylic acids is 1. The number of urea groups is 1. The standard InChI is InChI=1S/C11H20N2O5/c1-3-8(4-2)5-12-11(17)13-9(14)6-18-7-10(15)16/h8H,3-7H2,1-2H3,(H,15,16)(H2,12,13,14,17). The molecule has 0 heterocycles. The predicted molar refractivity (Wildman–Crippen MR) is 64.1 cm³/mol. The number of carboxylic acid groups (broad SMARTS) is 1. The van der Waals surface area contributed by atoms with Crippen LogP contribution in [0.4, 0.5) is 4.79 Å². The third-order valence-corrected chi connectivity index (χ3v) is 2.42. The van der Waals surface area contributed by atoms with E-state index in [-0.39, 0.29) is 0 Å². The molecule has 0 radical (unpaired) electrons. The zero-order valence-corrected chi connectivity index (χ0v) is 10.7. The van der Waals surface area contributed by atoms with Crippen molar-refractivity contribution in [1.29, 1.82) is 0 Å². The van der Waals surface area contributed by atoms with Gasteiger partial charge in [0.25, 0.3) is 5.91 Å². The predicted octanol–water partition coefficient (Wildman–Crippen LogP) is 0.350. The summed E-state index contributed by atoms with van der Waals surface area (Å²) < 4.78 is 4.53. The highest BCUT2D eigenvalue weighted by atomic mass is 16.5. The minimum atomic E-state index is -1.17. The molecule has 7 nitrogen and oxygen atoms in total. The van der Waals surface area contributed by atoms with Crippen LogP contribution in [-0.2, 0) is 14.3 Å². The molecular formula is C11H20N2O5. The highest BCUT2D eigenvalue weighted by Crippen LogP contribution is 2.04. The Kier molecular flexibility index (Phi) is 8.55. The summed E-state index contributed by atoms with van der Waals surface area (Å²) in [7, 11) is 0. The summed E-state index contributed by atoms with van der Waals surface area (Å²) in [5.74, 6) is -1.45. The molecule has 0 unspecified atom stereocenters. The first-order chi connectivity index (χ1) is 8.49. The van der Waals surface area contributed by atoms with Crippen molar-refractivity contribution in [2.24, 2.45) is 5.92 Å². The van der Waals surface area contributed by atoms with Crippen molar-refractivity contribution in [2.45, 2.75) is 26.7 Å². The number of hydrogen-bond donors (Lipinski definition) is 3. The van der Waals surface area contributed by atoms with Crippen LogP contribution in [0.1, 0.15) is 26.7 Å². The maximum Gasteiger partial charge on any atom is 0.329 e. The molecule has 0 aliphatic carbocycles. The molecule has 0 aromatic rings. The van der Waals surface area contributed by atoms with E-state index in [4.69, 9.17) is 5.11 Å². The number of carbonyl (C=O) groups excluding carboxylic acids is 2. The maximum atomic E-state index is 11.3. The quantitative estimate of drug-likeness (QED) is 0.584. The fourth-order valence-corrected chi connectivity index (χ4v) is 1.25. The first-order valence-electron chi connectivity index (χ1n) is 5.86. The molecule has 0 aromatic heterocycles. The Morgan fingerprint density at radius 2 is 1.78 bits per heavy atom. The van der Waals surface area contributed by atoms with Gasteiger partial charge < -0.3 is 15.2 Å². The number of rotatable bonds is 8. The lowest BCUT2D eigenvalue weighted by Gasteiger charge is -2.13. The first kappa shape index (κ1) is 16.4. The van der Waals surface area contributed by atoms with Gasteiger partial charge in [0.05, 0.1) is 0 Å². The van der Waals surface area contributed by atoms with Crippen LogP contribution in [0, 0.1) is 5.92 Å². The van der Waals surface area contributed by atoms with Crippen molar-refractivity contribution >= 4 is 17.9 Å². The van der Waals surface area contributed by atoms with Gasteiger partial charge in [-0.3, -0.25) is 10.1 Å². The van der Waals surface area contributed by atoms with Gasteiger partial charge in [0.2, 0.25) is 0 Å². The molecule has 0 aliphatic rings. The Balaban J connectivity index is 3.73. The van der Waals surface area contributed by atoms with Gasteiger partial charge >= 0.3 is 12.0 Å². The second-order valence-electron chi connectivity index (χ2n) is 3.83. The Labute approximate surface area is 106 Å². The van der Waals surface area contributed by atoms with E-state index in [0.29, 0.717) is 12.5 Å². The molecule has 0 fully saturated rings. The van der Waals surface area contributed by atoms with Crippen molar-refractivity contribution in [2.75, 3.05) is 19.8 Å². The van der Waals surface area contributed by atoms with Gasteiger partial charge in [0.1, 0.15) is 13.2 Å². The summed E-state index contributed by atoms with van der Waals surface area (Å²) in [6, 6.07) is -0.592. The Morgan fingerprint density at radius 3 is 2.28 bits per heavy atom. The molecule has 0 saturated carbocycles. The second kappa shape index (κ2) is 9.41. The molecule has 104 valence electrons. The summed E-state index contributed by atoms with van der Waals surface area (Å²) in [6.45, 7) is 3.53. The van der Waals surface area contributed by atoms with Gasteiger partial charge in [0, 0.05) is 6.54 Å². The van der Waals surface area contributed by atoms with Crippen LogP contribution in [0.3, 0.4) is 0 Å². The average molecular weight is 260 g/mol. The molecule has 0 aromatic carbocycles. The Morgan fingerprint density at radius 1 is 1.17 bits per heavy atom. The van der Waals surface area contributed by atoms with E-state index in [1.807, 2.05) is 13.8 Å². The van der Waals surface area contributed by atoms with E-state index in [0.717, 1.165) is 12.8 Å². The third-order valence-electron chi connectivity index (χ3n) is 2.42. The average Bonchev–Trinajstić information content (AvgIpc) is 2.29. The lowest BCUT2D eigenvalue weighted by Crippen LogP contribution is -2.42. The lowest BCUT2D eigenvalue weighted by atomic mass is 10.0. The van der Waals surface area contributed by atoms with Crippen molar-refractivity contribution < 1.29 is 24.2 Å². The molecule has 0 rings (SSSR count). The fourth-order valence-electron chi connectivity index (χ4n) is 1.25. The number of imide groups is 1. The van der Waals surface area contributed by atoms with Crippen LogP contribution in [0.25, 0.3) is 0 Å². The molecule has 7 heteroatoms. The van der Waals surface area contributed by atoms with Gasteiger partial charge in [-0.25, -0.2) is 9.59 Å². The SMILES string of the molecule is CCC(CC)CNC(=O)NC(=O)COCC(=O)O. The lowest BCUT2D eigenvalue weighted by molar-refractivity contribution is -0.143. The molecule has 0 bridgehead atoms. The molecule has 3 amide bonds. The van der Waals surface area contributed by atoms with Crippen LogP contribution in [0.2, 0.25) is 0 Å². The largest absolute Gasteiger partial charge is 0.480 e. The molecule has 0 spiro atoms. The van der Waals surface area contributed by atoms with Crippen LogP contribution in [0.5, 0.6) is 0 Å². The van der Waals surface area contributed by atoms with E-state index >= 15 is 0 Å². The van der Waals surface area contributed by atoms with Crippen molar-refractivity contribution in [3.05, 3.63) is 0 Å². The smallest absolute Gasteiger partial charge is 0.329 e. The van der Waals surface area contributed by atoms with E-state index in [9.17, 15) is 14.4 Å². The second-order valence-corrected chi connectivity index (χ2v) is 3.83. The third kappa shape index (κ3) is 8.51. The van der Waals surface area contributed by atoms with Crippen molar-refractivity contribution in [3.63, 3.8) is 0 Å². The first-order valence-corrected chi connectivity index (χ1v) is 5.86. The molecule has 3 N–H and O–H groups in total. The van der Waals surface area contributed by atoms with E-state index in [1.54, 1.807) is 0 Å². The molecule has 0 atom stereocenters. The topological polar surface area (TPSA) is 105 Å². The highest BCUT2D eigenvalue weighted by Gasteiger charge is 2.10. The molecule has 18 heavy (non-hydrogen) atoms. The van der Waals surface area contributed by atoms with Gasteiger partial charge in [-0.2, -0.15) is 0 Å². The zero-order chi connectivity index (χ0) is 14.0. The van der Waals surface area contributed by atoms with Gasteiger partial charge in [-0.15, -0.1) is 0 Å². The van der Waals surface area contributed by atoms with Crippen LogP contribution < -0.4 is 10.6 Å². The summed E-state index contributed by atoms with van der Waals surface area (Å²) >= 11 is 0. The van der Waals surface area contributed by atoms with Crippen LogP contribution >= 0.6 is 0 Å². The summed E-state index contributed by atoms with van der Waals surface area (Å²) in [6.07, 6.45) is 1.90. The molecular weight excluding hydrogens is 240 g/mol. The van der Waals surface area contributed by atoms with Crippen LogP contribution in [-0.4, -0.2) is 42.8 Å². The summed E-state index contributed by atoms with van der Waals surface area (Å²) in [5, 5.41) is 12.9. The Hall–Kier alpha value is -1.63. The summed E-state index contributed by atoms with van der Waals surface area (Å²) in [4.78, 5) is 32.5. The number of ether oxygens (including phenoxy) is 1. The van der Waals surface area contributed by atoms with E-state index < -0.39 is 31.1 Å². The number of carbonyl (C=O) groups is 3. The van der Waals surface area contributed by atoms with Gasteiger partial charge in [-0.05, 0) is 5.92 Å². The highest BCUT2D eigenvalue weighted by molar-refractivity contribution is 5.94. The molecule has 0 saturated heterocycles. The minimum Gasteiger partial charge on any atom is -0.480 e. The van der Waals surface area contributed by atoms with Crippen molar-refractivity contribution in [1.82, 2.24) is 10.6 Å². The number of carboxylic acids is 1. The normalized spacial score (nSPS) is 10.2. The van der Waals surface area contributed by atoms with E-state index in [2.05, 4.69) is 15.4 Å². The van der Waals surface area contributed by atoms with Gasteiger partial charge in [-0.1, -0.05) is 26.7 Å². The fraction of sp³-hybridized carbons (Fsp3) is 0.727. The van der Waals surface area contributed by atoms with E-state index in [1.165, 1.54) is 0 Å². The minimum absolute atomic E-state index is 0.383. The monoisotopic (exact) mass is 260 g/mol. The Bertz CT molecular complexity index is 289. The number of nitrogens with one attached hydrogen (secondary N) is 2. The maximum absolute atomic E-state index is 11.3. The zero-order valence-electron chi connectivity index (χ0n) is 10.7. The van der Waals surface area contributed by atoms with Gasteiger partial charge in [0.15, 0.2) is 0 Å². The number of hydrogen-bond acceptors (Lipinski definition) is 4.